The number of hydrogen-bond donors (Lipinski definition) is 1. The average molecular weight is 369 g/mol. The van der Waals surface area contributed by atoms with E-state index in [9.17, 15) is 4.79 Å². The summed E-state index contributed by atoms with van der Waals surface area (Å²) < 4.78 is 10.4. The lowest BCUT2D eigenvalue weighted by molar-refractivity contribution is 0.0528. The summed E-state index contributed by atoms with van der Waals surface area (Å²) in [4.78, 5) is 21.4. The van der Waals surface area contributed by atoms with Crippen LogP contribution in [0.5, 0.6) is 5.75 Å². The molecule has 0 saturated carbocycles. The fraction of sp³-hybridized carbons (Fsp3) is 0.211. The Kier molecular flexibility index (Phi) is 5.27. The minimum atomic E-state index is -0.461. The monoisotopic (exact) mass is 369 g/mol. The van der Waals surface area contributed by atoms with Gasteiger partial charge >= 0.3 is 5.97 Å². The van der Waals surface area contributed by atoms with Crippen molar-refractivity contribution < 1.29 is 14.3 Å². The lowest BCUT2D eigenvalue weighted by Gasteiger charge is -2.13. The first-order valence-corrected chi connectivity index (χ1v) is 9.27. The summed E-state index contributed by atoms with van der Waals surface area (Å²) in [6.07, 6.45) is 1.91. The van der Waals surface area contributed by atoms with Crippen molar-refractivity contribution in [2.45, 2.75) is 12.1 Å². The van der Waals surface area contributed by atoms with Gasteiger partial charge in [0.15, 0.2) is 5.16 Å². The van der Waals surface area contributed by atoms with Gasteiger partial charge in [0.25, 0.3) is 0 Å². The molecule has 7 heteroatoms. The zero-order chi connectivity index (χ0) is 18.7. The third-order valence-electron chi connectivity index (χ3n) is 3.90. The first-order valence-electron chi connectivity index (χ1n) is 8.04. The fourth-order valence-electron chi connectivity index (χ4n) is 2.69. The number of aromatic nitrogens is 2. The van der Waals surface area contributed by atoms with Crippen LogP contribution in [-0.4, -0.2) is 35.9 Å². The molecule has 3 rings (SSSR count). The predicted molar refractivity (Wildman–Crippen MR) is 104 cm³/mol. The van der Waals surface area contributed by atoms with Crippen LogP contribution >= 0.6 is 11.8 Å². The van der Waals surface area contributed by atoms with Gasteiger partial charge < -0.3 is 15.2 Å². The Hall–Kier alpha value is -2.80. The van der Waals surface area contributed by atoms with Crippen LogP contribution in [0, 0.1) is 0 Å². The Bertz CT molecular complexity index is 976. The highest BCUT2D eigenvalue weighted by Crippen LogP contribution is 2.35. The molecule has 0 bridgehead atoms. The molecule has 1 aromatic heterocycles. The lowest BCUT2D eigenvalue weighted by atomic mass is 10.0. The number of methoxy groups -OCH3 is 1. The van der Waals surface area contributed by atoms with Crippen LogP contribution in [0.25, 0.3) is 22.2 Å². The molecule has 6 nitrogen and oxygen atoms in total. The molecule has 0 unspecified atom stereocenters. The Morgan fingerprint density at radius 2 is 2.04 bits per heavy atom. The molecule has 0 spiro atoms. The van der Waals surface area contributed by atoms with Gasteiger partial charge in [-0.15, -0.1) is 0 Å². The van der Waals surface area contributed by atoms with Gasteiger partial charge in [0, 0.05) is 5.56 Å². The zero-order valence-corrected chi connectivity index (χ0v) is 15.6. The van der Waals surface area contributed by atoms with E-state index in [0.717, 1.165) is 5.56 Å². The molecule has 3 aromatic rings. The normalized spacial score (nSPS) is 10.7. The van der Waals surface area contributed by atoms with Gasteiger partial charge in [0.1, 0.15) is 5.75 Å². The van der Waals surface area contributed by atoms with Gasteiger partial charge in [0.2, 0.25) is 0 Å². The van der Waals surface area contributed by atoms with Gasteiger partial charge in [-0.1, -0.05) is 23.9 Å². The van der Waals surface area contributed by atoms with Crippen LogP contribution < -0.4 is 10.5 Å². The molecule has 0 aliphatic carbocycles. The number of rotatable bonds is 5. The van der Waals surface area contributed by atoms with Crippen molar-refractivity contribution >= 4 is 34.3 Å². The number of hydrogen-bond acceptors (Lipinski definition) is 7. The molecule has 0 amide bonds. The average Bonchev–Trinajstić information content (AvgIpc) is 2.67. The van der Waals surface area contributed by atoms with Crippen molar-refractivity contribution in [3.8, 4) is 17.0 Å². The molecule has 0 radical (unpaired) electrons. The number of benzene rings is 2. The van der Waals surface area contributed by atoms with Crippen molar-refractivity contribution in [1.82, 2.24) is 9.97 Å². The number of nitrogens with two attached hydrogens (primary N) is 1. The Labute approximate surface area is 155 Å². The number of anilines is 1. The van der Waals surface area contributed by atoms with Gasteiger partial charge in [0.05, 0.1) is 41.6 Å². The molecule has 0 saturated heterocycles. The summed E-state index contributed by atoms with van der Waals surface area (Å²) in [5.74, 6) is 0.248. The van der Waals surface area contributed by atoms with E-state index in [1.807, 2.05) is 30.5 Å². The highest BCUT2D eigenvalue weighted by molar-refractivity contribution is 7.98. The number of carbonyl (C=O) groups excluding carboxylic acids is 1. The minimum Gasteiger partial charge on any atom is -0.497 e. The number of ether oxygens (including phenoxy) is 2. The number of esters is 1. The van der Waals surface area contributed by atoms with E-state index in [1.54, 1.807) is 26.2 Å². The number of nitrogen functional groups attached to an aromatic ring is 1. The molecule has 26 heavy (non-hydrogen) atoms. The molecule has 0 aliphatic rings. The van der Waals surface area contributed by atoms with E-state index in [1.165, 1.54) is 11.8 Å². The summed E-state index contributed by atoms with van der Waals surface area (Å²) in [7, 11) is 1.61. The van der Waals surface area contributed by atoms with Crippen molar-refractivity contribution in [2.75, 3.05) is 25.7 Å². The Balaban J connectivity index is 2.31. The topological polar surface area (TPSA) is 87.3 Å². The fourth-order valence-corrected chi connectivity index (χ4v) is 3.06. The molecule has 2 N–H and O–H groups in total. The second-order valence-corrected chi connectivity index (χ2v) is 6.21. The van der Waals surface area contributed by atoms with Crippen molar-refractivity contribution in [3.05, 3.63) is 42.0 Å². The maximum absolute atomic E-state index is 12.2. The summed E-state index contributed by atoms with van der Waals surface area (Å²) >= 11 is 1.44. The summed E-state index contributed by atoms with van der Waals surface area (Å²) in [6, 6.07) is 10.9. The van der Waals surface area contributed by atoms with E-state index in [2.05, 4.69) is 9.97 Å². The van der Waals surface area contributed by atoms with Crippen LogP contribution in [0.2, 0.25) is 0 Å². The molecular weight excluding hydrogens is 350 g/mol. The van der Waals surface area contributed by atoms with E-state index in [-0.39, 0.29) is 6.61 Å². The first-order chi connectivity index (χ1) is 12.6. The molecular formula is C19H19N3O3S. The summed E-state index contributed by atoms with van der Waals surface area (Å²) in [5, 5.41) is 1.25. The number of carbonyl (C=O) groups is 1. The largest absolute Gasteiger partial charge is 0.497 e. The van der Waals surface area contributed by atoms with Crippen molar-refractivity contribution in [1.29, 1.82) is 0 Å². The van der Waals surface area contributed by atoms with E-state index in [4.69, 9.17) is 15.2 Å². The molecule has 2 aromatic carbocycles. The molecule has 134 valence electrons. The quantitative estimate of drug-likeness (QED) is 0.317. The maximum atomic E-state index is 12.2. The Morgan fingerprint density at radius 1 is 1.23 bits per heavy atom. The van der Waals surface area contributed by atoms with Crippen molar-refractivity contribution in [3.63, 3.8) is 0 Å². The number of fused-ring (bicyclic) bond motifs is 1. The van der Waals surface area contributed by atoms with Crippen molar-refractivity contribution in [2.24, 2.45) is 0 Å². The highest BCUT2D eigenvalue weighted by atomic mass is 32.2. The third kappa shape index (κ3) is 3.30. The predicted octanol–water partition coefficient (Wildman–Crippen LogP) is 3.79. The number of nitrogens with zero attached hydrogens (tertiary/aromatic N) is 2. The van der Waals surface area contributed by atoms with Crippen LogP contribution in [0.1, 0.15) is 17.3 Å². The minimum absolute atomic E-state index is 0.279. The second kappa shape index (κ2) is 7.61. The highest BCUT2D eigenvalue weighted by Gasteiger charge is 2.19. The van der Waals surface area contributed by atoms with E-state index < -0.39 is 5.97 Å². The van der Waals surface area contributed by atoms with Crippen LogP contribution in [0.15, 0.2) is 41.6 Å². The van der Waals surface area contributed by atoms with E-state index in [0.29, 0.717) is 38.8 Å². The third-order valence-corrected chi connectivity index (χ3v) is 4.45. The number of thioether (sulfide) groups is 1. The van der Waals surface area contributed by atoms with Gasteiger partial charge in [-0.25, -0.2) is 14.8 Å². The molecule has 0 fully saturated rings. The zero-order valence-electron chi connectivity index (χ0n) is 14.8. The van der Waals surface area contributed by atoms with Gasteiger partial charge in [-0.3, -0.25) is 0 Å². The molecule has 1 heterocycles. The Morgan fingerprint density at radius 3 is 2.73 bits per heavy atom. The second-order valence-electron chi connectivity index (χ2n) is 5.43. The summed E-state index contributed by atoms with van der Waals surface area (Å²) in [5.41, 5.74) is 9.11. The van der Waals surface area contributed by atoms with Gasteiger partial charge in [-0.05, 0) is 37.4 Å². The SMILES string of the molecule is CCOC(=O)c1ccc2nc(SC)nc(-c3cccc(OC)c3)c2c1N. The van der Waals surface area contributed by atoms with Crippen LogP contribution in [0.3, 0.4) is 0 Å². The molecule has 0 aliphatic heterocycles. The lowest BCUT2D eigenvalue weighted by Crippen LogP contribution is -2.09. The summed E-state index contributed by atoms with van der Waals surface area (Å²) in [6.45, 7) is 2.03. The standard InChI is InChI=1S/C19H19N3O3S/c1-4-25-18(23)13-8-9-14-15(16(13)20)17(22-19(21-14)26-3)11-6-5-7-12(10-11)24-2/h5-10H,4,20H2,1-3H3. The molecule has 0 atom stereocenters. The first kappa shape index (κ1) is 18.0. The maximum Gasteiger partial charge on any atom is 0.340 e. The smallest absolute Gasteiger partial charge is 0.340 e. The van der Waals surface area contributed by atoms with E-state index >= 15 is 0 Å². The van der Waals surface area contributed by atoms with Gasteiger partial charge in [-0.2, -0.15) is 0 Å². The van der Waals surface area contributed by atoms with Crippen LogP contribution in [-0.2, 0) is 4.74 Å². The van der Waals surface area contributed by atoms with Crippen LogP contribution in [0.4, 0.5) is 5.69 Å².